The lowest BCUT2D eigenvalue weighted by molar-refractivity contribution is 0.131. The third-order valence-electron chi connectivity index (χ3n) is 5.81. The van der Waals surface area contributed by atoms with Crippen LogP contribution in [0.25, 0.3) is 0 Å². The molecule has 0 amide bonds. The molecular formula is C18H26N2S. The van der Waals surface area contributed by atoms with Gasteiger partial charge in [0.2, 0.25) is 0 Å². The standard InChI is InChI=1S/C18H26N2S/c1-20-14-6-7-15(20)11-13(10-14)12-19-17-8-9-21-18-5-3-2-4-16(17)18/h2-5,13-15,17,19H,6-12H2,1H3. The molecule has 4 rings (SSSR count). The highest BCUT2D eigenvalue weighted by atomic mass is 32.2. The second kappa shape index (κ2) is 5.94. The first-order valence-electron chi connectivity index (χ1n) is 8.48. The van der Waals surface area contributed by atoms with Crippen LogP contribution in [-0.2, 0) is 0 Å². The molecule has 0 saturated carbocycles. The maximum atomic E-state index is 3.90. The van der Waals surface area contributed by atoms with Crippen LogP contribution in [0, 0.1) is 5.92 Å². The number of thioether (sulfide) groups is 1. The van der Waals surface area contributed by atoms with Crippen molar-refractivity contribution in [3.05, 3.63) is 29.8 Å². The predicted molar refractivity (Wildman–Crippen MR) is 89.8 cm³/mol. The van der Waals surface area contributed by atoms with E-state index in [9.17, 15) is 0 Å². The molecule has 0 aromatic heterocycles. The molecule has 2 fully saturated rings. The van der Waals surface area contributed by atoms with Crippen LogP contribution in [0.15, 0.2) is 29.2 Å². The lowest BCUT2D eigenvalue weighted by Gasteiger charge is -2.37. The molecular weight excluding hydrogens is 276 g/mol. The second-order valence-electron chi connectivity index (χ2n) is 7.02. The normalized spacial score (nSPS) is 35.7. The number of piperidine rings is 1. The number of hydrogen-bond acceptors (Lipinski definition) is 3. The monoisotopic (exact) mass is 302 g/mol. The minimum absolute atomic E-state index is 0.583. The second-order valence-corrected chi connectivity index (χ2v) is 8.16. The Balaban J connectivity index is 1.38. The van der Waals surface area contributed by atoms with Crippen molar-refractivity contribution in [1.82, 2.24) is 10.2 Å². The Labute approximate surface area is 132 Å². The van der Waals surface area contributed by atoms with Gasteiger partial charge in [0.25, 0.3) is 0 Å². The molecule has 0 spiro atoms. The van der Waals surface area contributed by atoms with Gasteiger partial charge in [0, 0.05) is 23.0 Å². The topological polar surface area (TPSA) is 15.3 Å². The molecule has 3 aliphatic heterocycles. The maximum Gasteiger partial charge on any atom is 0.0339 e. The Kier molecular flexibility index (Phi) is 3.99. The number of fused-ring (bicyclic) bond motifs is 3. The molecule has 1 aromatic rings. The third kappa shape index (κ3) is 2.76. The van der Waals surface area contributed by atoms with Crippen LogP contribution in [0.5, 0.6) is 0 Å². The summed E-state index contributed by atoms with van der Waals surface area (Å²) in [4.78, 5) is 4.13. The van der Waals surface area contributed by atoms with Gasteiger partial charge in [0.1, 0.15) is 0 Å². The molecule has 3 heterocycles. The molecule has 3 heteroatoms. The Morgan fingerprint density at radius 3 is 2.71 bits per heavy atom. The molecule has 1 aromatic carbocycles. The van der Waals surface area contributed by atoms with Gasteiger partial charge in [-0.1, -0.05) is 18.2 Å². The zero-order valence-corrected chi connectivity index (χ0v) is 13.7. The van der Waals surface area contributed by atoms with Crippen molar-refractivity contribution in [2.45, 2.75) is 55.1 Å². The molecule has 3 atom stereocenters. The van der Waals surface area contributed by atoms with Gasteiger partial charge in [-0.25, -0.2) is 0 Å². The Bertz CT molecular complexity index is 490. The van der Waals surface area contributed by atoms with Crippen LogP contribution in [0.2, 0.25) is 0 Å². The first-order valence-corrected chi connectivity index (χ1v) is 9.47. The van der Waals surface area contributed by atoms with Crippen LogP contribution < -0.4 is 5.32 Å². The highest BCUT2D eigenvalue weighted by Crippen LogP contribution is 2.39. The van der Waals surface area contributed by atoms with Crippen molar-refractivity contribution in [2.75, 3.05) is 19.3 Å². The molecule has 1 N–H and O–H groups in total. The van der Waals surface area contributed by atoms with E-state index in [4.69, 9.17) is 0 Å². The van der Waals surface area contributed by atoms with Gasteiger partial charge < -0.3 is 10.2 Å². The van der Waals surface area contributed by atoms with Gasteiger partial charge in [-0.05, 0) is 69.0 Å². The van der Waals surface area contributed by atoms with Crippen molar-refractivity contribution in [3.63, 3.8) is 0 Å². The molecule has 21 heavy (non-hydrogen) atoms. The first-order chi connectivity index (χ1) is 10.3. The summed E-state index contributed by atoms with van der Waals surface area (Å²) in [7, 11) is 2.33. The van der Waals surface area contributed by atoms with E-state index in [1.165, 1.54) is 54.9 Å². The minimum atomic E-state index is 0.583. The molecule has 3 unspecified atom stereocenters. The van der Waals surface area contributed by atoms with Gasteiger partial charge >= 0.3 is 0 Å². The van der Waals surface area contributed by atoms with E-state index >= 15 is 0 Å². The number of benzene rings is 1. The number of rotatable bonds is 3. The van der Waals surface area contributed by atoms with Crippen LogP contribution in [0.4, 0.5) is 0 Å². The SMILES string of the molecule is CN1C2CCC1CC(CNC1CCSc3ccccc31)C2. The predicted octanol–water partition coefficient (Wildman–Crippen LogP) is 3.69. The molecule has 2 nitrogen and oxygen atoms in total. The van der Waals surface area contributed by atoms with E-state index < -0.39 is 0 Å². The van der Waals surface area contributed by atoms with Gasteiger partial charge in [-0.3, -0.25) is 0 Å². The van der Waals surface area contributed by atoms with E-state index in [0.717, 1.165) is 18.0 Å². The summed E-state index contributed by atoms with van der Waals surface area (Å²) in [6.45, 7) is 1.21. The Hall–Kier alpha value is -0.510. The van der Waals surface area contributed by atoms with Crippen LogP contribution in [0.1, 0.15) is 43.7 Å². The maximum absolute atomic E-state index is 3.90. The van der Waals surface area contributed by atoms with Gasteiger partial charge in [-0.2, -0.15) is 0 Å². The van der Waals surface area contributed by atoms with Crippen molar-refractivity contribution in [1.29, 1.82) is 0 Å². The van der Waals surface area contributed by atoms with E-state index in [1.807, 2.05) is 11.8 Å². The lowest BCUT2D eigenvalue weighted by Crippen LogP contribution is -2.43. The zero-order chi connectivity index (χ0) is 14.2. The average Bonchev–Trinajstić information content (AvgIpc) is 2.75. The summed E-state index contributed by atoms with van der Waals surface area (Å²) >= 11 is 2.02. The summed E-state index contributed by atoms with van der Waals surface area (Å²) in [6.07, 6.45) is 6.95. The fourth-order valence-corrected chi connectivity index (χ4v) is 5.68. The molecule has 2 bridgehead atoms. The quantitative estimate of drug-likeness (QED) is 0.917. The van der Waals surface area contributed by atoms with Gasteiger partial charge in [0.15, 0.2) is 0 Å². The molecule has 0 aliphatic carbocycles. The molecule has 114 valence electrons. The summed E-state index contributed by atoms with van der Waals surface area (Å²) < 4.78 is 0. The number of hydrogen-bond donors (Lipinski definition) is 1. The minimum Gasteiger partial charge on any atom is -0.310 e. The third-order valence-corrected chi connectivity index (χ3v) is 6.93. The van der Waals surface area contributed by atoms with Crippen LogP contribution in [0.3, 0.4) is 0 Å². The number of nitrogens with one attached hydrogen (secondary N) is 1. The summed E-state index contributed by atoms with van der Waals surface area (Å²) in [6, 6.07) is 11.3. The van der Waals surface area contributed by atoms with Crippen molar-refractivity contribution in [2.24, 2.45) is 5.92 Å². The van der Waals surface area contributed by atoms with Crippen LogP contribution in [-0.4, -0.2) is 36.3 Å². The number of nitrogens with zero attached hydrogens (tertiary/aromatic N) is 1. The summed E-state index contributed by atoms with van der Waals surface area (Å²) in [5.41, 5.74) is 1.53. The highest BCUT2D eigenvalue weighted by molar-refractivity contribution is 7.99. The molecule has 2 saturated heterocycles. The lowest BCUT2D eigenvalue weighted by atomic mass is 9.90. The highest BCUT2D eigenvalue weighted by Gasteiger charge is 2.38. The van der Waals surface area contributed by atoms with E-state index in [1.54, 1.807) is 0 Å². The fourth-order valence-electron chi connectivity index (χ4n) is 4.55. The Morgan fingerprint density at radius 1 is 1.14 bits per heavy atom. The van der Waals surface area contributed by atoms with Crippen LogP contribution >= 0.6 is 11.8 Å². The largest absolute Gasteiger partial charge is 0.310 e. The van der Waals surface area contributed by atoms with E-state index in [0.29, 0.717) is 6.04 Å². The summed E-state index contributed by atoms with van der Waals surface area (Å²) in [5, 5.41) is 3.90. The van der Waals surface area contributed by atoms with Gasteiger partial charge in [-0.15, -0.1) is 11.8 Å². The zero-order valence-electron chi connectivity index (χ0n) is 12.9. The molecule has 0 radical (unpaired) electrons. The molecule has 3 aliphatic rings. The van der Waals surface area contributed by atoms with E-state index in [-0.39, 0.29) is 0 Å². The first kappa shape index (κ1) is 14.1. The summed E-state index contributed by atoms with van der Waals surface area (Å²) in [5.74, 6) is 2.15. The van der Waals surface area contributed by atoms with Gasteiger partial charge in [0.05, 0.1) is 0 Å². The average molecular weight is 302 g/mol. The Morgan fingerprint density at radius 2 is 1.90 bits per heavy atom. The van der Waals surface area contributed by atoms with Crippen molar-refractivity contribution >= 4 is 11.8 Å². The van der Waals surface area contributed by atoms with E-state index in [2.05, 4.69) is 41.5 Å². The fraction of sp³-hybridized carbons (Fsp3) is 0.667. The van der Waals surface area contributed by atoms with Crippen molar-refractivity contribution in [3.8, 4) is 0 Å². The smallest absolute Gasteiger partial charge is 0.0339 e. The van der Waals surface area contributed by atoms with Crippen molar-refractivity contribution < 1.29 is 0 Å².